The van der Waals surface area contributed by atoms with E-state index in [4.69, 9.17) is 32.7 Å². The van der Waals surface area contributed by atoms with Crippen molar-refractivity contribution in [3.05, 3.63) is 63.6 Å². The third-order valence-electron chi connectivity index (χ3n) is 5.91. The lowest BCUT2D eigenvalue weighted by Gasteiger charge is -2.37. The summed E-state index contributed by atoms with van der Waals surface area (Å²) in [5, 5.41) is 4.24. The quantitative estimate of drug-likeness (QED) is 0.702. The Balaban J connectivity index is 1.23. The number of hydrogen-bond donors (Lipinski definition) is 1. The average molecular weight is 477 g/mol. The van der Waals surface area contributed by atoms with Crippen molar-refractivity contribution in [2.24, 2.45) is 0 Å². The lowest BCUT2D eigenvalue weighted by molar-refractivity contribution is -0.149. The summed E-state index contributed by atoms with van der Waals surface area (Å²) in [6, 6.07) is 12.5. The van der Waals surface area contributed by atoms with Crippen molar-refractivity contribution >= 4 is 35.0 Å². The maximum Gasteiger partial charge on any atom is 0.258 e. The summed E-state index contributed by atoms with van der Waals surface area (Å²) >= 11 is 12.0. The first-order chi connectivity index (χ1) is 15.4. The third-order valence-corrected chi connectivity index (χ3v) is 6.39. The highest BCUT2D eigenvalue weighted by Gasteiger charge is 2.34. The van der Waals surface area contributed by atoms with Gasteiger partial charge in [0.2, 0.25) is 0 Å². The van der Waals surface area contributed by atoms with Crippen LogP contribution in [0.2, 0.25) is 10.0 Å². The van der Waals surface area contributed by atoms with Crippen LogP contribution in [0.25, 0.3) is 0 Å². The molecule has 1 saturated heterocycles. The number of amides is 2. The van der Waals surface area contributed by atoms with Crippen LogP contribution in [0.1, 0.15) is 36.8 Å². The molecule has 2 aromatic carbocycles. The molecule has 6 nitrogen and oxygen atoms in total. The Morgan fingerprint density at radius 3 is 2.59 bits per heavy atom. The standard InChI is InChI=1S/C24H26Cl2N2O4/c1-15-11-28(12-16-2-3-18(26)10-21(15)16)24(30)22-9-6-19(13-32-22)27-23(29)14-31-20-7-4-17(25)5-8-20/h2-5,7-8,10,15,19,22H,6,9,11-14H2,1H3,(H,27,29)/t15?,19-,22+/m0/s1. The Kier molecular flexibility index (Phi) is 7.23. The zero-order valence-electron chi connectivity index (χ0n) is 17.9. The Morgan fingerprint density at radius 2 is 1.88 bits per heavy atom. The first-order valence-corrected chi connectivity index (χ1v) is 11.5. The minimum absolute atomic E-state index is 0.00768. The fraction of sp³-hybridized carbons (Fsp3) is 0.417. The summed E-state index contributed by atoms with van der Waals surface area (Å²) in [5.41, 5.74) is 2.33. The smallest absolute Gasteiger partial charge is 0.258 e. The molecular weight excluding hydrogens is 451 g/mol. The van der Waals surface area contributed by atoms with Crippen LogP contribution in [-0.4, -0.2) is 48.6 Å². The van der Waals surface area contributed by atoms with Crippen molar-refractivity contribution < 1.29 is 19.1 Å². The topological polar surface area (TPSA) is 67.9 Å². The van der Waals surface area contributed by atoms with E-state index in [9.17, 15) is 9.59 Å². The van der Waals surface area contributed by atoms with Crippen LogP contribution in [0.4, 0.5) is 0 Å². The van der Waals surface area contributed by atoms with Crippen LogP contribution in [0.15, 0.2) is 42.5 Å². The number of fused-ring (bicyclic) bond motifs is 1. The van der Waals surface area contributed by atoms with E-state index in [2.05, 4.69) is 12.2 Å². The van der Waals surface area contributed by atoms with Gasteiger partial charge in [0.05, 0.1) is 12.6 Å². The molecule has 1 unspecified atom stereocenters. The lowest BCUT2D eigenvalue weighted by Crippen LogP contribution is -2.50. The highest BCUT2D eigenvalue weighted by atomic mass is 35.5. The molecular formula is C24H26Cl2N2O4. The molecule has 4 rings (SSSR count). The fourth-order valence-corrected chi connectivity index (χ4v) is 4.55. The maximum atomic E-state index is 13.0. The normalized spacial score (nSPS) is 22.7. The van der Waals surface area contributed by atoms with E-state index >= 15 is 0 Å². The molecule has 2 aliphatic heterocycles. The van der Waals surface area contributed by atoms with Crippen LogP contribution >= 0.6 is 23.2 Å². The van der Waals surface area contributed by atoms with Gasteiger partial charge in [-0.15, -0.1) is 0 Å². The second-order valence-corrected chi connectivity index (χ2v) is 9.24. The molecule has 32 heavy (non-hydrogen) atoms. The molecule has 8 heteroatoms. The Labute approximate surface area is 197 Å². The predicted molar refractivity (Wildman–Crippen MR) is 123 cm³/mol. The second-order valence-electron chi connectivity index (χ2n) is 8.37. The SMILES string of the molecule is CC1CN(C(=O)[C@H]2CC[C@H](NC(=O)COc3ccc(Cl)cc3)CO2)Cc2ccc(Cl)cc21. The van der Waals surface area contributed by atoms with E-state index in [1.54, 1.807) is 24.3 Å². The van der Waals surface area contributed by atoms with Crippen LogP contribution in [0.3, 0.4) is 0 Å². The van der Waals surface area contributed by atoms with E-state index in [0.29, 0.717) is 43.3 Å². The van der Waals surface area contributed by atoms with Crippen LogP contribution < -0.4 is 10.1 Å². The van der Waals surface area contributed by atoms with Gasteiger partial charge in [-0.25, -0.2) is 0 Å². The second kappa shape index (κ2) is 10.1. The van der Waals surface area contributed by atoms with Gasteiger partial charge in [0, 0.05) is 23.1 Å². The Hall–Kier alpha value is -2.28. The molecule has 2 aliphatic rings. The van der Waals surface area contributed by atoms with Gasteiger partial charge in [-0.3, -0.25) is 9.59 Å². The molecule has 2 heterocycles. The van der Waals surface area contributed by atoms with Crippen molar-refractivity contribution in [2.45, 2.75) is 44.4 Å². The molecule has 0 saturated carbocycles. The van der Waals surface area contributed by atoms with Gasteiger partial charge in [0.15, 0.2) is 6.61 Å². The zero-order valence-corrected chi connectivity index (χ0v) is 19.4. The molecule has 1 N–H and O–H groups in total. The van der Waals surface area contributed by atoms with Crippen molar-refractivity contribution in [1.29, 1.82) is 0 Å². The largest absolute Gasteiger partial charge is 0.484 e. The number of halogens is 2. The summed E-state index contributed by atoms with van der Waals surface area (Å²) in [6.45, 7) is 3.54. The number of carbonyl (C=O) groups excluding carboxylic acids is 2. The van der Waals surface area contributed by atoms with Gasteiger partial charge in [-0.1, -0.05) is 36.2 Å². The fourth-order valence-electron chi connectivity index (χ4n) is 4.25. The van der Waals surface area contributed by atoms with Crippen molar-refractivity contribution in [3.63, 3.8) is 0 Å². The zero-order chi connectivity index (χ0) is 22.7. The molecule has 0 aromatic heterocycles. The van der Waals surface area contributed by atoms with E-state index < -0.39 is 6.10 Å². The monoisotopic (exact) mass is 476 g/mol. The summed E-state index contributed by atoms with van der Waals surface area (Å²) in [4.78, 5) is 27.1. The van der Waals surface area contributed by atoms with Crippen molar-refractivity contribution in [1.82, 2.24) is 10.2 Å². The number of benzene rings is 2. The first kappa shape index (κ1) is 22.9. The summed E-state index contributed by atoms with van der Waals surface area (Å²) in [7, 11) is 0. The average Bonchev–Trinajstić information content (AvgIpc) is 2.79. The van der Waals surface area contributed by atoms with Crippen LogP contribution in [-0.2, 0) is 20.9 Å². The summed E-state index contributed by atoms with van der Waals surface area (Å²) < 4.78 is 11.3. The highest BCUT2D eigenvalue weighted by Crippen LogP contribution is 2.31. The van der Waals surface area contributed by atoms with Crippen LogP contribution in [0, 0.1) is 0 Å². The van der Waals surface area contributed by atoms with Gasteiger partial charge in [-0.05, 0) is 66.3 Å². The number of ether oxygens (including phenoxy) is 2. The molecule has 170 valence electrons. The maximum absolute atomic E-state index is 13.0. The number of nitrogens with one attached hydrogen (secondary N) is 1. The van der Waals surface area contributed by atoms with Crippen molar-refractivity contribution in [2.75, 3.05) is 19.8 Å². The number of carbonyl (C=O) groups is 2. The van der Waals surface area contributed by atoms with E-state index in [-0.39, 0.29) is 30.4 Å². The van der Waals surface area contributed by atoms with E-state index in [1.165, 1.54) is 5.56 Å². The lowest BCUT2D eigenvalue weighted by atomic mass is 9.90. The number of hydrogen-bond acceptors (Lipinski definition) is 4. The minimum Gasteiger partial charge on any atom is -0.484 e. The summed E-state index contributed by atoms with van der Waals surface area (Å²) in [6.07, 6.45) is 0.772. The van der Waals surface area contributed by atoms with Gasteiger partial charge in [-0.2, -0.15) is 0 Å². The van der Waals surface area contributed by atoms with Crippen LogP contribution in [0.5, 0.6) is 5.75 Å². The van der Waals surface area contributed by atoms with Gasteiger partial charge >= 0.3 is 0 Å². The van der Waals surface area contributed by atoms with E-state index in [0.717, 1.165) is 10.6 Å². The van der Waals surface area contributed by atoms with E-state index in [1.807, 2.05) is 23.1 Å². The molecule has 2 amide bonds. The number of nitrogens with zero attached hydrogens (tertiary/aromatic N) is 1. The molecule has 1 fully saturated rings. The first-order valence-electron chi connectivity index (χ1n) is 10.8. The van der Waals surface area contributed by atoms with Crippen molar-refractivity contribution in [3.8, 4) is 5.75 Å². The molecule has 3 atom stereocenters. The minimum atomic E-state index is -0.477. The number of rotatable bonds is 5. The molecule has 0 aliphatic carbocycles. The van der Waals surface area contributed by atoms with Gasteiger partial charge in [0.25, 0.3) is 11.8 Å². The molecule has 0 bridgehead atoms. The molecule has 0 spiro atoms. The molecule has 0 radical (unpaired) electrons. The van der Waals surface area contributed by atoms with Gasteiger partial charge in [0.1, 0.15) is 11.9 Å². The molecule has 2 aromatic rings. The highest BCUT2D eigenvalue weighted by molar-refractivity contribution is 6.30. The summed E-state index contributed by atoms with van der Waals surface area (Å²) in [5.74, 6) is 0.583. The van der Waals surface area contributed by atoms with Gasteiger partial charge < -0.3 is 19.7 Å². The Bertz CT molecular complexity index is 974. The Morgan fingerprint density at radius 1 is 1.12 bits per heavy atom. The predicted octanol–water partition coefficient (Wildman–Crippen LogP) is 4.18. The third kappa shape index (κ3) is 5.55.